The first-order valence-electron chi connectivity index (χ1n) is 19.1. The Hall–Kier alpha value is -7.30. The van der Waals surface area contributed by atoms with Crippen LogP contribution in [-0.2, 0) is 10.8 Å². The van der Waals surface area contributed by atoms with E-state index < -0.39 is 10.8 Å². The van der Waals surface area contributed by atoms with Gasteiger partial charge in [-0.2, -0.15) is 0 Å². The van der Waals surface area contributed by atoms with Crippen LogP contribution in [0.15, 0.2) is 219 Å². The zero-order valence-corrected chi connectivity index (χ0v) is 30.6. The molecule has 0 aliphatic heterocycles. The molecule has 8 aromatic carbocycles. The molecule has 0 atom stereocenters. The summed E-state index contributed by atoms with van der Waals surface area (Å²) in [5.41, 5.74) is 14.8. The van der Waals surface area contributed by atoms with Gasteiger partial charge in [0.1, 0.15) is 12.7 Å². The highest BCUT2D eigenvalue weighted by Crippen LogP contribution is 2.60. The van der Waals surface area contributed by atoms with E-state index in [0.29, 0.717) is 0 Å². The van der Waals surface area contributed by atoms with Gasteiger partial charge in [-0.3, -0.25) is 9.13 Å². The zero-order valence-electron chi connectivity index (χ0n) is 30.6. The second-order valence-electron chi connectivity index (χ2n) is 14.6. The summed E-state index contributed by atoms with van der Waals surface area (Å²) >= 11 is 0. The third kappa shape index (κ3) is 4.53. The van der Waals surface area contributed by atoms with Crippen LogP contribution in [0.4, 0.5) is 0 Å². The summed E-state index contributed by atoms with van der Waals surface area (Å²) in [7, 11) is 0. The first-order valence-corrected chi connectivity index (χ1v) is 19.1. The minimum absolute atomic E-state index is 0.655. The summed E-state index contributed by atoms with van der Waals surface area (Å²) in [5.74, 6) is 0. The molecule has 0 N–H and O–H groups in total. The molecule has 264 valence electrons. The molecule has 0 radical (unpaired) electrons. The Morgan fingerprint density at radius 2 is 0.643 bits per heavy atom. The molecule has 11 rings (SSSR count). The SMILES string of the molecule is c1ccc(C2(c3cccc(-n4cnc5ccccc54)c3)c3ccccc3C(c3ccccc3)(c3cccc(-n4cnc5ccccc54)c3)c3ccccc32)cc1. The number of imidazole rings is 2. The maximum absolute atomic E-state index is 4.77. The van der Waals surface area contributed by atoms with Crippen molar-refractivity contribution in [1.82, 2.24) is 19.1 Å². The fourth-order valence-corrected chi connectivity index (χ4v) is 9.63. The maximum atomic E-state index is 4.77. The van der Waals surface area contributed by atoms with Crippen molar-refractivity contribution >= 4 is 22.1 Å². The van der Waals surface area contributed by atoms with Crippen LogP contribution in [0, 0.1) is 0 Å². The number of benzene rings is 8. The van der Waals surface area contributed by atoms with Crippen LogP contribution in [0.1, 0.15) is 44.5 Å². The summed E-state index contributed by atoms with van der Waals surface area (Å²) < 4.78 is 4.41. The number of aromatic nitrogens is 4. The second kappa shape index (κ2) is 12.6. The Morgan fingerprint density at radius 3 is 1.05 bits per heavy atom. The van der Waals surface area contributed by atoms with E-state index in [-0.39, 0.29) is 0 Å². The molecule has 1 aliphatic carbocycles. The molecule has 0 amide bonds. The van der Waals surface area contributed by atoms with Crippen molar-refractivity contribution < 1.29 is 0 Å². The zero-order chi connectivity index (χ0) is 37.1. The molecule has 0 spiro atoms. The van der Waals surface area contributed by atoms with Crippen LogP contribution < -0.4 is 0 Å². The molecule has 56 heavy (non-hydrogen) atoms. The van der Waals surface area contributed by atoms with Crippen LogP contribution in [-0.4, -0.2) is 19.1 Å². The lowest BCUT2D eigenvalue weighted by atomic mass is 9.50. The molecule has 4 heteroatoms. The van der Waals surface area contributed by atoms with E-state index in [1.165, 1.54) is 44.5 Å². The van der Waals surface area contributed by atoms with E-state index >= 15 is 0 Å². The van der Waals surface area contributed by atoms with E-state index in [9.17, 15) is 0 Å². The van der Waals surface area contributed by atoms with Crippen molar-refractivity contribution in [3.05, 3.63) is 263 Å². The Kier molecular flexibility index (Phi) is 7.26. The quantitative estimate of drug-likeness (QED) is 0.172. The van der Waals surface area contributed by atoms with E-state index in [0.717, 1.165) is 33.4 Å². The monoisotopic (exact) mass is 716 g/mol. The van der Waals surface area contributed by atoms with Gasteiger partial charge in [0.2, 0.25) is 0 Å². The second-order valence-corrected chi connectivity index (χ2v) is 14.6. The number of nitrogens with zero attached hydrogens (tertiary/aromatic N) is 4. The van der Waals surface area contributed by atoms with Gasteiger partial charge in [0.25, 0.3) is 0 Å². The first kappa shape index (κ1) is 32.2. The molecule has 1 aliphatic rings. The standard InChI is InChI=1S/C52H36N4/c1-3-17-37(18-4-1)51(39-21-15-23-41(33-39)55-35-53-47-29-11-13-31-49(47)55)43-25-7-9-27-45(43)52(38-19-5-2-6-20-38,46-28-10-8-26-44(46)51)40-22-16-24-42(34-40)56-36-54-48-30-12-14-32-50(48)56/h1-36H. The van der Waals surface area contributed by atoms with Gasteiger partial charge in [-0.25, -0.2) is 9.97 Å². The molecule has 0 saturated heterocycles. The van der Waals surface area contributed by atoms with Crippen molar-refractivity contribution in [3.63, 3.8) is 0 Å². The van der Waals surface area contributed by atoms with Crippen LogP contribution in [0.5, 0.6) is 0 Å². The van der Waals surface area contributed by atoms with Gasteiger partial charge >= 0.3 is 0 Å². The highest BCUT2D eigenvalue weighted by molar-refractivity contribution is 5.80. The number of hydrogen-bond donors (Lipinski definition) is 0. The van der Waals surface area contributed by atoms with Crippen LogP contribution in [0.25, 0.3) is 33.4 Å². The molecule has 10 aromatic rings. The van der Waals surface area contributed by atoms with Crippen molar-refractivity contribution in [2.24, 2.45) is 0 Å². The number of hydrogen-bond acceptors (Lipinski definition) is 2. The lowest BCUT2D eigenvalue weighted by Gasteiger charge is -2.51. The van der Waals surface area contributed by atoms with E-state index in [4.69, 9.17) is 9.97 Å². The Labute approximate surface area is 325 Å². The topological polar surface area (TPSA) is 35.6 Å². The Bertz CT molecular complexity index is 2790. The van der Waals surface area contributed by atoms with Gasteiger partial charge in [0, 0.05) is 11.4 Å². The van der Waals surface area contributed by atoms with Gasteiger partial charge < -0.3 is 0 Å². The van der Waals surface area contributed by atoms with Crippen molar-refractivity contribution in [2.75, 3.05) is 0 Å². The van der Waals surface area contributed by atoms with Gasteiger partial charge in [-0.1, -0.05) is 158 Å². The van der Waals surface area contributed by atoms with Crippen molar-refractivity contribution in [2.45, 2.75) is 10.8 Å². The summed E-state index contributed by atoms with van der Waals surface area (Å²) in [6.45, 7) is 0. The van der Waals surface area contributed by atoms with Crippen molar-refractivity contribution in [3.8, 4) is 11.4 Å². The summed E-state index contributed by atoms with van der Waals surface area (Å²) in [5, 5.41) is 0. The minimum Gasteiger partial charge on any atom is -0.299 e. The summed E-state index contributed by atoms with van der Waals surface area (Å²) in [6, 6.07) is 75.2. The first-order chi connectivity index (χ1) is 27.8. The molecule has 2 aromatic heterocycles. The van der Waals surface area contributed by atoms with Crippen LogP contribution in [0.3, 0.4) is 0 Å². The van der Waals surface area contributed by atoms with Crippen LogP contribution >= 0.6 is 0 Å². The average molecular weight is 717 g/mol. The Balaban J connectivity index is 1.25. The molecule has 0 saturated carbocycles. The summed E-state index contributed by atoms with van der Waals surface area (Å²) in [6.07, 6.45) is 3.89. The highest BCUT2D eigenvalue weighted by Gasteiger charge is 2.53. The van der Waals surface area contributed by atoms with Crippen molar-refractivity contribution in [1.29, 1.82) is 0 Å². The van der Waals surface area contributed by atoms with Gasteiger partial charge in [-0.15, -0.1) is 0 Å². The van der Waals surface area contributed by atoms with Crippen LogP contribution in [0.2, 0.25) is 0 Å². The predicted molar refractivity (Wildman–Crippen MR) is 226 cm³/mol. The van der Waals surface area contributed by atoms with E-state index in [2.05, 4.69) is 203 Å². The normalized spacial score (nSPS) is 17.4. The van der Waals surface area contributed by atoms with Gasteiger partial charge in [0.15, 0.2) is 0 Å². The lowest BCUT2D eigenvalue weighted by Crippen LogP contribution is -2.45. The maximum Gasteiger partial charge on any atom is 0.100 e. The number of para-hydroxylation sites is 4. The molecule has 2 heterocycles. The smallest absolute Gasteiger partial charge is 0.100 e. The highest BCUT2D eigenvalue weighted by atomic mass is 15.1. The number of fused-ring (bicyclic) bond motifs is 4. The largest absolute Gasteiger partial charge is 0.299 e. The molecular weight excluding hydrogens is 681 g/mol. The third-order valence-electron chi connectivity index (χ3n) is 11.9. The molecule has 0 fully saturated rings. The molecule has 0 unspecified atom stereocenters. The fraction of sp³-hybridized carbons (Fsp3) is 0.0385. The number of rotatable bonds is 6. The summed E-state index contributed by atoms with van der Waals surface area (Å²) in [4.78, 5) is 9.54. The van der Waals surface area contributed by atoms with E-state index in [1.54, 1.807) is 0 Å². The Morgan fingerprint density at radius 1 is 0.304 bits per heavy atom. The third-order valence-corrected chi connectivity index (χ3v) is 11.9. The average Bonchev–Trinajstić information content (AvgIpc) is 3.92. The molecular formula is C52H36N4. The lowest BCUT2D eigenvalue weighted by molar-refractivity contribution is 0.615. The predicted octanol–water partition coefficient (Wildman–Crippen LogP) is 11.4. The van der Waals surface area contributed by atoms with Gasteiger partial charge in [0.05, 0.1) is 32.9 Å². The fourth-order valence-electron chi connectivity index (χ4n) is 9.63. The molecule has 0 bridgehead atoms. The van der Waals surface area contributed by atoms with E-state index in [1.807, 2.05) is 24.8 Å². The molecule has 4 nitrogen and oxygen atoms in total. The van der Waals surface area contributed by atoms with Gasteiger partial charge in [-0.05, 0) is 93.0 Å². The minimum atomic E-state index is -0.655.